The summed E-state index contributed by atoms with van der Waals surface area (Å²) >= 11 is 0. The van der Waals surface area contributed by atoms with Gasteiger partial charge in [0.1, 0.15) is 5.75 Å². The van der Waals surface area contributed by atoms with E-state index < -0.39 is 68.7 Å². The van der Waals surface area contributed by atoms with Crippen LogP contribution in [-0.4, -0.2) is 71.0 Å². The van der Waals surface area contributed by atoms with E-state index in [0.29, 0.717) is 0 Å². The molecule has 0 radical (unpaired) electrons. The highest BCUT2D eigenvalue weighted by Gasteiger charge is 2.95. The fourth-order valence-corrected chi connectivity index (χ4v) is 2.90. The second-order valence-electron chi connectivity index (χ2n) is 7.00. The lowest BCUT2D eigenvalue weighted by atomic mass is 9.91. The first kappa shape index (κ1) is 37.7. The number of rotatable bonds is 8. The van der Waals surface area contributed by atoms with Crippen LogP contribution in [0.4, 0.5) is 79.0 Å². The molecule has 0 unspecified atom stereocenters. The Hall–Kier alpha value is -2.34. The van der Waals surface area contributed by atoms with Crippen molar-refractivity contribution < 1.29 is 100 Å². The molecule has 0 saturated carbocycles. The summed E-state index contributed by atoms with van der Waals surface area (Å²) in [5, 5.41) is 0. The van der Waals surface area contributed by atoms with Crippen LogP contribution in [0.1, 0.15) is 0 Å². The van der Waals surface area contributed by atoms with Crippen LogP contribution < -0.4 is 4.18 Å². The van der Waals surface area contributed by atoms with Gasteiger partial charge in [-0.05, 0) is 24.3 Å². The van der Waals surface area contributed by atoms with Gasteiger partial charge in [0.2, 0.25) is 0 Å². The molecule has 0 heterocycles. The van der Waals surface area contributed by atoms with Crippen LogP contribution in [0, 0.1) is 0 Å². The predicted molar refractivity (Wildman–Crippen MR) is 92.3 cm³/mol. The maximum Gasteiger partial charge on any atom is 0.460 e. The third-order valence-electron chi connectivity index (χ3n) is 4.12. The highest BCUT2D eigenvalue weighted by molar-refractivity contribution is 7.90. The second kappa shape index (κ2) is 10.8. The van der Waals surface area contributed by atoms with Gasteiger partial charge in [-0.2, -0.15) is 87.4 Å². The summed E-state index contributed by atoms with van der Waals surface area (Å²) < 4.78 is 267. The Morgan fingerprint density at radius 1 is 0.525 bits per heavy atom. The number of halogens is 18. The van der Waals surface area contributed by atoms with Gasteiger partial charge in [-0.3, -0.25) is 0 Å². The molecule has 0 aromatic heterocycles. The molecule has 5 nitrogen and oxygen atoms in total. The van der Waals surface area contributed by atoms with Crippen molar-refractivity contribution in [2.45, 2.75) is 52.8 Å². The Bertz CT molecular complexity index is 1160. The van der Waals surface area contributed by atoms with Crippen LogP contribution in [0.25, 0.3) is 0 Å². The summed E-state index contributed by atoms with van der Waals surface area (Å²) in [5.74, 6) is -50.9. The third-order valence-corrected chi connectivity index (χ3v) is 5.60. The lowest BCUT2D eigenvalue weighted by Crippen LogP contribution is -2.74. The molecular formula is C15H8F18O5S2. The summed E-state index contributed by atoms with van der Waals surface area (Å²) in [6, 6.07) is 5.12. The Morgan fingerprint density at radius 3 is 0.975 bits per heavy atom. The fourth-order valence-electron chi connectivity index (χ4n) is 1.98. The minimum Gasteiger partial charge on any atom is -0.384 e. The van der Waals surface area contributed by atoms with Crippen LogP contribution in [0.3, 0.4) is 0 Å². The molecule has 0 aliphatic carbocycles. The molecule has 25 heteroatoms. The summed E-state index contributed by atoms with van der Waals surface area (Å²) in [4.78, 5) is 0.117. The minimum atomic E-state index is -8.72. The van der Waals surface area contributed by atoms with Crippen LogP contribution in [0.5, 0.6) is 5.75 Å². The SMILES string of the molecule is CS(=O)(=O)c1ccc(O[SH](=O)=O)cc1.FC(F)(F)C(F)(F)C(F)(F)C(F)(F)C(F)(F)C(F)(F)C(F)(F)C(F)(F)F. The summed E-state index contributed by atoms with van der Waals surface area (Å²) in [6.07, 6.45) is -14.5. The fraction of sp³-hybridized carbons (Fsp3) is 0.600. The molecule has 0 atom stereocenters. The van der Waals surface area contributed by atoms with Crippen molar-refractivity contribution in [1.29, 1.82) is 0 Å². The molecule has 0 bridgehead atoms. The maximum atomic E-state index is 12.8. The van der Waals surface area contributed by atoms with Crippen LogP contribution in [0.2, 0.25) is 0 Å². The van der Waals surface area contributed by atoms with Gasteiger partial charge in [-0.1, -0.05) is 0 Å². The van der Waals surface area contributed by atoms with Crippen molar-refractivity contribution in [3.05, 3.63) is 24.3 Å². The van der Waals surface area contributed by atoms with E-state index in [-0.39, 0.29) is 10.6 Å². The Morgan fingerprint density at radius 2 is 0.775 bits per heavy atom. The molecule has 1 aromatic carbocycles. The third kappa shape index (κ3) is 6.58. The first-order valence-corrected chi connectivity index (χ1v) is 11.7. The summed E-state index contributed by atoms with van der Waals surface area (Å²) in [6.45, 7) is 0. The van der Waals surface area contributed by atoms with Gasteiger partial charge in [0.15, 0.2) is 9.84 Å². The number of hydrogen-bond donors (Lipinski definition) is 1. The molecule has 1 rings (SSSR count). The highest BCUT2D eigenvalue weighted by atomic mass is 32.2. The molecule has 236 valence electrons. The molecule has 0 fully saturated rings. The lowest BCUT2D eigenvalue weighted by Gasteiger charge is -2.41. The second-order valence-corrected chi connectivity index (χ2v) is 9.65. The van der Waals surface area contributed by atoms with Gasteiger partial charge >= 0.3 is 47.9 Å². The van der Waals surface area contributed by atoms with E-state index in [9.17, 15) is 95.9 Å². The quantitative estimate of drug-likeness (QED) is 0.274. The standard InChI is InChI=1S/C8F18.C7H8O5S2/c9-1(10,3(13,14)5(17,18)7(21,22)23)2(11,12)4(15,16)6(19,20)8(24,25)26;1-14(10,11)7-4-2-6(3-5-7)12-13(8)9/h;2-5,13H,1H3. The number of hydrogen-bond acceptors (Lipinski definition) is 5. The van der Waals surface area contributed by atoms with E-state index in [1.54, 1.807) is 0 Å². The Kier molecular flexibility index (Phi) is 10.2. The van der Waals surface area contributed by atoms with Gasteiger partial charge in [-0.25, -0.2) is 8.42 Å². The van der Waals surface area contributed by atoms with Crippen LogP contribution in [0.15, 0.2) is 29.2 Å². The highest BCUT2D eigenvalue weighted by Crippen LogP contribution is 2.64. The smallest absolute Gasteiger partial charge is 0.384 e. The van der Waals surface area contributed by atoms with E-state index in [4.69, 9.17) is 0 Å². The number of alkyl halides is 18. The van der Waals surface area contributed by atoms with Gasteiger partial charge in [-0.15, -0.1) is 0 Å². The zero-order chi connectivity index (χ0) is 32.8. The van der Waals surface area contributed by atoms with E-state index >= 15 is 0 Å². The predicted octanol–water partition coefficient (Wildman–Crippen LogP) is 5.92. The molecule has 0 aliphatic rings. The average Bonchev–Trinajstić information content (AvgIpc) is 2.71. The Balaban J connectivity index is 0.000000906. The number of sulfone groups is 1. The minimum absolute atomic E-state index is 0.0912. The van der Waals surface area contributed by atoms with E-state index in [1.807, 2.05) is 0 Å². The average molecular weight is 674 g/mol. The molecule has 40 heavy (non-hydrogen) atoms. The van der Waals surface area contributed by atoms with Crippen molar-refractivity contribution in [2.24, 2.45) is 0 Å². The maximum absolute atomic E-state index is 12.8. The molecule has 0 aliphatic heterocycles. The van der Waals surface area contributed by atoms with Crippen LogP contribution in [-0.2, 0) is 20.8 Å². The first-order valence-electron chi connectivity index (χ1n) is 8.67. The van der Waals surface area contributed by atoms with Crippen LogP contribution >= 0.6 is 0 Å². The van der Waals surface area contributed by atoms with Gasteiger partial charge in [0, 0.05) is 6.26 Å². The molecule has 0 amide bonds. The van der Waals surface area contributed by atoms with Crippen molar-refractivity contribution in [1.82, 2.24) is 0 Å². The molecular weight excluding hydrogens is 666 g/mol. The normalized spacial score (nSPS) is 15.0. The Labute approximate surface area is 210 Å². The molecule has 0 spiro atoms. The van der Waals surface area contributed by atoms with E-state index in [2.05, 4.69) is 4.18 Å². The molecule has 0 saturated heterocycles. The monoisotopic (exact) mass is 674 g/mol. The van der Waals surface area contributed by atoms with E-state index in [1.165, 1.54) is 24.3 Å². The van der Waals surface area contributed by atoms with Gasteiger partial charge in [0.25, 0.3) is 11.0 Å². The topological polar surface area (TPSA) is 77.5 Å². The molecule has 1 aromatic rings. The summed E-state index contributed by atoms with van der Waals surface area (Å²) in [7, 11) is -6.22. The van der Waals surface area contributed by atoms with Gasteiger partial charge < -0.3 is 4.18 Å². The van der Waals surface area contributed by atoms with Crippen molar-refractivity contribution >= 4 is 20.8 Å². The first-order chi connectivity index (χ1) is 17.1. The van der Waals surface area contributed by atoms with Gasteiger partial charge in [0.05, 0.1) is 4.90 Å². The molecule has 0 N–H and O–H groups in total. The van der Waals surface area contributed by atoms with Crippen molar-refractivity contribution in [2.75, 3.05) is 6.26 Å². The number of thiol groups is 1. The number of benzene rings is 1. The van der Waals surface area contributed by atoms with Crippen molar-refractivity contribution in [3.63, 3.8) is 0 Å². The lowest BCUT2D eigenvalue weighted by molar-refractivity contribution is -0.468. The summed E-state index contributed by atoms with van der Waals surface area (Å²) in [5.41, 5.74) is 0. The largest absolute Gasteiger partial charge is 0.460 e. The zero-order valence-electron chi connectivity index (χ0n) is 18.0. The van der Waals surface area contributed by atoms with Crippen molar-refractivity contribution in [3.8, 4) is 5.75 Å². The van der Waals surface area contributed by atoms with E-state index in [0.717, 1.165) is 6.26 Å². The zero-order valence-corrected chi connectivity index (χ0v) is 19.7.